The minimum Gasteiger partial charge on any atom is -0.322 e. The van der Waals surface area contributed by atoms with Gasteiger partial charge in [0.1, 0.15) is 0 Å². The lowest BCUT2D eigenvalue weighted by molar-refractivity contribution is 0.102. The molecule has 2 aromatic carbocycles. The molecule has 0 unspecified atom stereocenters. The molecule has 0 spiro atoms. The van der Waals surface area contributed by atoms with E-state index in [4.69, 9.17) is 0 Å². The first-order chi connectivity index (χ1) is 9.22. The lowest BCUT2D eigenvalue weighted by Gasteiger charge is -2.05. The largest absolute Gasteiger partial charge is 0.322 e. The highest BCUT2D eigenvalue weighted by Crippen LogP contribution is 2.17. The predicted molar refractivity (Wildman–Crippen MR) is 75.2 cm³/mol. The van der Waals surface area contributed by atoms with E-state index in [0.717, 1.165) is 22.2 Å². The quantitative estimate of drug-likeness (QED) is 0.735. The Morgan fingerprint density at radius 3 is 2.74 bits per heavy atom. The van der Waals surface area contributed by atoms with E-state index < -0.39 is 0 Å². The van der Waals surface area contributed by atoms with Crippen molar-refractivity contribution in [2.24, 2.45) is 0 Å². The Labute approximate surface area is 110 Å². The highest BCUT2D eigenvalue weighted by atomic mass is 16.1. The first-order valence-corrected chi connectivity index (χ1v) is 6.03. The molecule has 1 amide bonds. The van der Waals surface area contributed by atoms with Crippen molar-refractivity contribution in [2.45, 2.75) is 6.92 Å². The van der Waals surface area contributed by atoms with Gasteiger partial charge in [-0.3, -0.25) is 9.89 Å². The highest BCUT2D eigenvalue weighted by molar-refractivity contribution is 6.05. The Kier molecular flexibility index (Phi) is 2.76. The Hall–Kier alpha value is -2.62. The number of nitrogens with zero attached hydrogens (tertiary/aromatic N) is 1. The second kappa shape index (κ2) is 4.57. The summed E-state index contributed by atoms with van der Waals surface area (Å²) < 4.78 is 0. The third-order valence-corrected chi connectivity index (χ3v) is 3.01. The van der Waals surface area contributed by atoms with E-state index in [1.54, 1.807) is 6.20 Å². The van der Waals surface area contributed by atoms with E-state index in [0.29, 0.717) is 5.56 Å². The topological polar surface area (TPSA) is 57.8 Å². The van der Waals surface area contributed by atoms with E-state index >= 15 is 0 Å². The minimum absolute atomic E-state index is 0.108. The Morgan fingerprint density at radius 2 is 1.95 bits per heavy atom. The van der Waals surface area contributed by atoms with Crippen LogP contribution in [0.25, 0.3) is 10.9 Å². The summed E-state index contributed by atoms with van der Waals surface area (Å²) >= 11 is 0. The number of hydrogen-bond donors (Lipinski definition) is 2. The van der Waals surface area contributed by atoms with E-state index in [-0.39, 0.29) is 5.91 Å². The number of H-pyrrole nitrogens is 1. The zero-order chi connectivity index (χ0) is 13.2. The van der Waals surface area contributed by atoms with Crippen LogP contribution in [0.5, 0.6) is 0 Å². The number of aryl methyl sites for hydroxylation is 1. The molecule has 0 fully saturated rings. The van der Waals surface area contributed by atoms with Gasteiger partial charge in [0.25, 0.3) is 5.91 Å². The average Bonchev–Trinajstić information content (AvgIpc) is 2.87. The van der Waals surface area contributed by atoms with Crippen LogP contribution in [0.3, 0.4) is 0 Å². The lowest BCUT2D eigenvalue weighted by Crippen LogP contribution is -2.11. The highest BCUT2D eigenvalue weighted by Gasteiger charge is 2.06. The summed E-state index contributed by atoms with van der Waals surface area (Å²) in [5.74, 6) is -0.108. The number of fused-ring (bicyclic) bond motifs is 1. The Balaban J connectivity index is 1.83. The molecule has 0 aliphatic carbocycles. The molecule has 2 N–H and O–H groups in total. The van der Waals surface area contributed by atoms with E-state index in [1.807, 2.05) is 49.4 Å². The fraction of sp³-hybridized carbons (Fsp3) is 0.0667. The van der Waals surface area contributed by atoms with Gasteiger partial charge in [0.15, 0.2) is 0 Å². The molecule has 0 aliphatic rings. The molecule has 0 atom stereocenters. The molecule has 0 bridgehead atoms. The van der Waals surface area contributed by atoms with Crippen LogP contribution >= 0.6 is 0 Å². The summed E-state index contributed by atoms with van der Waals surface area (Å²) in [7, 11) is 0. The maximum atomic E-state index is 12.1. The molecule has 4 nitrogen and oxygen atoms in total. The zero-order valence-electron chi connectivity index (χ0n) is 10.5. The van der Waals surface area contributed by atoms with Gasteiger partial charge in [-0.2, -0.15) is 5.10 Å². The SMILES string of the molecule is Cc1ccc(C(=O)Nc2ccc3[nH]ncc3c2)cc1. The van der Waals surface area contributed by atoms with Crippen LogP contribution < -0.4 is 5.32 Å². The van der Waals surface area contributed by atoms with Crippen LogP contribution in [0.2, 0.25) is 0 Å². The van der Waals surface area contributed by atoms with Crippen molar-refractivity contribution in [3.8, 4) is 0 Å². The number of hydrogen-bond acceptors (Lipinski definition) is 2. The number of rotatable bonds is 2. The number of anilines is 1. The van der Waals surface area contributed by atoms with Gasteiger partial charge in [0.05, 0.1) is 11.7 Å². The van der Waals surface area contributed by atoms with Gasteiger partial charge in [-0.05, 0) is 37.3 Å². The van der Waals surface area contributed by atoms with Crippen molar-refractivity contribution < 1.29 is 4.79 Å². The van der Waals surface area contributed by atoms with E-state index in [9.17, 15) is 4.79 Å². The molecule has 0 saturated carbocycles. The van der Waals surface area contributed by atoms with Crippen LogP contribution in [0.1, 0.15) is 15.9 Å². The Bertz CT molecular complexity index is 728. The molecule has 0 radical (unpaired) electrons. The van der Waals surface area contributed by atoms with Crippen LogP contribution in [-0.2, 0) is 0 Å². The summed E-state index contributed by atoms with van der Waals surface area (Å²) in [6.07, 6.45) is 1.73. The lowest BCUT2D eigenvalue weighted by atomic mass is 10.1. The number of nitrogens with one attached hydrogen (secondary N) is 2. The minimum atomic E-state index is -0.108. The van der Waals surface area contributed by atoms with Gasteiger partial charge in [-0.1, -0.05) is 17.7 Å². The number of benzene rings is 2. The van der Waals surface area contributed by atoms with Crippen LogP contribution in [0, 0.1) is 6.92 Å². The van der Waals surface area contributed by atoms with Crippen molar-refractivity contribution in [2.75, 3.05) is 5.32 Å². The average molecular weight is 251 g/mol. The van der Waals surface area contributed by atoms with Gasteiger partial charge in [0, 0.05) is 16.6 Å². The first kappa shape index (κ1) is 11.5. The normalized spacial score (nSPS) is 10.6. The summed E-state index contributed by atoms with van der Waals surface area (Å²) in [5.41, 5.74) is 3.50. The van der Waals surface area contributed by atoms with Crippen LogP contribution in [0.4, 0.5) is 5.69 Å². The fourth-order valence-electron chi connectivity index (χ4n) is 1.93. The molecule has 19 heavy (non-hydrogen) atoms. The molecule has 4 heteroatoms. The molecular weight excluding hydrogens is 238 g/mol. The summed E-state index contributed by atoms with van der Waals surface area (Å²) in [6.45, 7) is 1.99. The maximum Gasteiger partial charge on any atom is 0.255 e. The molecule has 0 aliphatic heterocycles. The van der Waals surface area contributed by atoms with Gasteiger partial charge in [0.2, 0.25) is 0 Å². The van der Waals surface area contributed by atoms with Gasteiger partial charge < -0.3 is 5.32 Å². The van der Waals surface area contributed by atoms with Crippen molar-refractivity contribution in [1.82, 2.24) is 10.2 Å². The number of aromatic nitrogens is 2. The van der Waals surface area contributed by atoms with Crippen molar-refractivity contribution >= 4 is 22.5 Å². The molecule has 1 aromatic heterocycles. The third-order valence-electron chi connectivity index (χ3n) is 3.01. The van der Waals surface area contributed by atoms with Crippen LogP contribution in [-0.4, -0.2) is 16.1 Å². The standard InChI is InChI=1S/C15H13N3O/c1-10-2-4-11(5-3-10)15(19)17-13-6-7-14-12(8-13)9-16-18-14/h2-9H,1H3,(H,16,18)(H,17,19). The molecule has 3 aromatic rings. The number of carbonyl (C=O) groups excluding carboxylic acids is 1. The van der Waals surface area contributed by atoms with Gasteiger partial charge in [-0.25, -0.2) is 0 Å². The number of amides is 1. The number of aromatic amines is 1. The van der Waals surface area contributed by atoms with Gasteiger partial charge in [-0.15, -0.1) is 0 Å². The predicted octanol–water partition coefficient (Wildman–Crippen LogP) is 3.12. The first-order valence-electron chi connectivity index (χ1n) is 6.03. The van der Waals surface area contributed by atoms with Crippen molar-refractivity contribution in [1.29, 1.82) is 0 Å². The fourth-order valence-corrected chi connectivity index (χ4v) is 1.93. The van der Waals surface area contributed by atoms with E-state index in [1.165, 1.54) is 0 Å². The van der Waals surface area contributed by atoms with Crippen molar-refractivity contribution in [3.05, 3.63) is 59.8 Å². The molecule has 0 saturated heterocycles. The summed E-state index contributed by atoms with van der Waals surface area (Å²) in [6, 6.07) is 13.1. The van der Waals surface area contributed by atoms with Crippen LogP contribution in [0.15, 0.2) is 48.7 Å². The molecular formula is C15H13N3O. The zero-order valence-corrected chi connectivity index (χ0v) is 10.5. The van der Waals surface area contributed by atoms with Crippen molar-refractivity contribution in [3.63, 3.8) is 0 Å². The monoisotopic (exact) mass is 251 g/mol. The molecule has 94 valence electrons. The summed E-state index contributed by atoms with van der Waals surface area (Å²) in [4.78, 5) is 12.1. The van der Waals surface area contributed by atoms with Gasteiger partial charge >= 0.3 is 0 Å². The second-order valence-electron chi connectivity index (χ2n) is 4.49. The summed E-state index contributed by atoms with van der Waals surface area (Å²) in [5, 5.41) is 10.7. The smallest absolute Gasteiger partial charge is 0.255 e. The molecule has 1 heterocycles. The van der Waals surface area contributed by atoms with E-state index in [2.05, 4.69) is 15.5 Å². The Morgan fingerprint density at radius 1 is 1.16 bits per heavy atom. The third kappa shape index (κ3) is 2.33. The second-order valence-corrected chi connectivity index (χ2v) is 4.49. The molecule has 3 rings (SSSR count). The maximum absolute atomic E-state index is 12.1. The number of carbonyl (C=O) groups is 1.